The normalized spacial score (nSPS) is 10.5. The summed E-state index contributed by atoms with van der Waals surface area (Å²) in [5.41, 5.74) is 2.58. The van der Waals surface area contributed by atoms with Gasteiger partial charge in [-0.2, -0.15) is 0 Å². The van der Waals surface area contributed by atoms with E-state index < -0.39 is 0 Å². The van der Waals surface area contributed by atoms with E-state index in [-0.39, 0.29) is 12.4 Å². The molecule has 0 saturated heterocycles. The Morgan fingerprint density at radius 3 is 2.70 bits per heavy atom. The third-order valence-electron chi connectivity index (χ3n) is 3.81. The number of carbonyl (C=O) groups excluding carboxylic acids is 1. The van der Waals surface area contributed by atoms with Crippen LogP contribution in [-0.4, -0.2) is 25.2 Å². The van der Waals surface area contributed by atoms with E-state index in [4.69, 9.17) is 9.47 Å². The van der Waals surface area contributed by atoms with Gasteiger partial charge in [-0.1, -0.05) is 30.3 Å². The standard InChI is InChI=1S/C19H17NO3/c1-22-15-8-7-14(11-18(21)23-2)17(12-15)19-16-6-4-3-5-13(16)9-10-20-19/h3-10,12H,11H2,1-2H3. The zero-order valence-corrected chi connectivity index (χ0v) is 13.1. The van der Waals surface area contributed by atoms with Crippen molar-refractivity contribution in [3.8, 4) is 17.0 Å². The quantitative estimate of drug-likeness (QED) is 0.691. The van der Waals surface area contributed by atoms with Crippen molar-refractivity contribution < 1.29 is 14.3 Å². The lowest BCUT2D eigenvalue weighted by atomic mass is 9.97. The fraction of sp³-hybridized carbons (Fsp3) is 0.158. The number of rotatable bonds is 4. The van der Waals surface area contributed by atoms with Gasteiger partial charge in [0.25, 0.3) is 0 Å². The summed E-state index contributed by atoms with van der Waals surface area (Å²) < 4.78 is 10.1. The molecule has 116 valence electrons. The second kappa shape index (κ2) is 6.48. The van der Waals surface area contributed by atoms with Gasteiger partial charge >= 0.3 is 5.97 Å². The Morgan fingerprint density at radius 2 is 1.91 bits per heavy atom. The molecule has 0 unspecified atom stereocenters. The number of hydrogen-bond acceptors (Lipinski definition) is 4. The predicted octanol–water partition coefficient (Wildman–Crippen LogP) is 3.63. The second-order valence-corrected chi connectivity index (χ2v) is 5.16. The minimum Gasteiger partial charge on any atom is -0.497 e. The molecule has 3 aromatic rings. The first-order valence-electron chi connectivity index (χ1n) is 7.31. The number of methoxy groups -OCH3 is 2. The Balaban J connectivity index is 2.21. The van der Waals surface area contributed by atoms with Gasteiger partial charge in [-0.15, -0.1) is 0 Å². The minimum atomic E-state index is -0.281. The molecule has 0 bridgehead atoms. The smallest absolute Gasteiger partial charge is 0.310 e. The maximum absolute atomic E-state index is 11.7. The van der Waals surface area contributed by atoms with Crippen molar-refractivity contribution in [2.75, 3.05) is 14.2 Å². The van der Waals surface area contributed by atoms with Crippen molar-refractivity contribution in [1.29, 1.82) is 0 Å². The van der Waals surface area contributed by atoms with Crippen molar-refractivity contribution >= 4 is 16.7 Å². The largest absolute Gasteiger partial charge is 0.497 e. The summed E-state index contributed by atoms with van der Waals surface area (Å²) in [6, 6.07) is 15.6. The molecule has 4 heteroatoms. The molecular weight excluding hydrogens is 290 g/mol. The zero-order valence-electron chi connectivity index (χ0n) is 13.1. The van der Waals surface area contributed by atoms with Gasteiger partial charge in [0, 0.05) is 17.1 Å². The highest BCUT2D eigenvalue weighted by Crippen LogP contribution is 2.32. The lowest BCUT2D eigenvalue weighted by Gasteiger charge is -2.12. The first kappa shape index (κ1) is 15.0. The van der Waals surface area contributed by atoms with Gasteiger partial charge in [0.15, 0.2) is 0 Å². The van der Waals surface area contributed by atoms with Crippen LogP contribution in [0, 0.1) is 0 Å². The van der Waals surface area contributed by atoms with Crippen molar-refractivity contribution in [2.45, 2.75) is 6.42 Å². The third kappa shape index (κ3) is 3.01. The summed E-state index contributed by atoms with van der Waals surface area (Å²) in [6.45, 7) is 0. The van der Waals surface area contributed by atoms with Gasteiger partial charge in [0.2, 0.25) is 0 Å². The van der Waals surface area contributed by atoms with Gasteiger partial charge in [-0.25, -0.2) is 0 Å². The van der Waals surface area contributed by atoms with Crippen LogP contribution in [0.1, 0.15) is 5.56 Å². The lowest BCUT2D eigenvalue weighted by Crippen LogP contribution is -2.06. The number of fused-ring (bicyclic) bond motifs is 1. The molecule has 0 amide bonds. The molecule has 1 aromatic heterocycles. The highest BCUT2D eigenvalue weighted by molar-refractivity contribution is 5.95. The van der Waals surface area contributed by atoms with Gasteiger partial charge in [-0.05, 0) is 29.1 Å². The van der Waals surface area contributed by atoms with Gasteiger partial charge in [0.1, 0.15) is 5.75 Å². The fourth-order valence-corrected chi connectivity index (χ4v) is 2.62. The Kier molecular flexibility index (Phi) is 4.24. The summed E-state index contributed by atoms with van der Waals surface area (Å²) in [6.07, 6.45) is 1.97. The molecule has 0 fully saturated rings. The first-order chi connectivity index (χ1) is 11.2. The Morgan fingerprint density at radius 1 is 1.09 bits per heavy atom. The Hall–Kier alpha value is -2.88. The highest BCUT2D eigenvalue weighted by Gasteiger charge is 2.14. The summed E-state index contributed by atoms with van der Waals surface area (Å²) in [4.78, 5) is 16.2. The molecule has 0 aliphatic carbocycles. The van der Waals surface area contributed by atoms with Crippen LogP contribution in [0.15, 0.2) is 54.7 Å². The van der Waals surface area contributed by atoms with Crippen LogP contribution >= 0.6 is 0 Å². The molecule has 4 nitrogen and oxygen atoms in total. The number of hydrogen-bond donors (Lipinski definition) is 0. The maximum atomic E-state index is 11.7. The molecule has 0 aliphatic rings. The van der Waals surface area contributed by atoms with Crippen LogP contribution in [0.25, 0.3) is 22.0 Å². The molecule has 0 atom stereocenters. The van der Waals surface area contributed by atoms with Crippen molar-refractivity contribution in [2.24, 2.45) is 0 Å². The molecule has 23 heavy (non-hydrogen) atoms. The Labute approximate surface area is 134 Å². The van der Waals surface area contributed by atoms with Gasteiger partial charge in [0.05, 0.1) is 26.3 Å². The molecule has 2 aromatic carbocycles. The molecule has 1 heterocycles. The summed E-state index contributed by atoms with van der Waals surface area (Å²) >= 11 is 0. The van der Waals surface area contributed by atoms with E-state index >= 15 is 0 Å². The number of ether oxygens (including phenoxy) is 2. The van der Waals surface area contributed by atoms with E-state index in [1.54, 1.807) is 13.3 Å². The van der Waals surface area contributed by atoms with E-state index in [0.29, 0.717) is 0 Å². The lowest BCUT2D eigenvalue weighted by molar-refractivity contribution is -0.139. The molecule has 0 aliphatic heterocycles. The van der Waals surface area contributed by atoms with E-state index in [1.807, 2.05) is 48.5 Å². The van der Waals surface area contributed by atoms with E-state index in [2.05, 4.69) is 4.98 Å². The summed E-state index contributed by atoms with van der Waals surface area (Å²) in [5.74, 6) is 0.444. The third-order valence-corrected chi connectivity index (χ3v) is 3.81. The first-order valence-corrected chi connectivity index (χ1v) is 7.31. The Bertz CT molecular complexity index is 853. The van der Waals surface area contributed by atoms with E-state index in [0.717, 1.165) is 33.3 Å². The minimum absolute atomic E-state index is 0.195. The van der Waals surface area contributed by atoms with Crippen LogP contribution in [0.5, 0.6) is 5.75 Å². The summed E-state index contributed by atoms with van der Waals surface area (Å²) in [5, 5.41) is 2.14. The highest BCUT2D eigenvalue weighted by atomic mass is 16.5. The van der Waals surface area contributed by atoms with Crippen LogP contribution in [-0.2, 0) is 16.0 Å². The number of esters is 1. The fourth-order valence-electron chi connectivity index (χ4n) is 2.62. The number of pyridine rings is 1. The van der Waals surface area contributed by atoms with Crippen molar-refractivity contribution in [3.05, 3.63) is 60.3 Å². The number of aromatic nitrogens is 1. The van der Waals surface area contributed by atoms with Crippen molar-refractivity contribution in [3.63, 3.8) is 0 Å². The average Bonchev–Trinajstić information content (AvgIpc) is 2.61. The van der Waals surface area contributed by atoms with E-state index in [1.165, 1.54) is 7.11 Å². The van der Waals surface area contributed by atoms with Crippen molar-refractivity contribution in [1.82, 2.24) is 4.98 Å². The zero-order chi connectivity index (χ0) is 16.2. The summed E-state index contributed by atoms with van der Waals surface area (Å²) in [7, 11) is 3.01. The molecule has 0 saturated carbocycles. The molecule has 3 rings (SSSR count). The second-order valence-electron chi connectivity index (χ2n) is 5.16. The van der Waals surface area contributed by atoms with Crippen LogP contribution in [0.4, 0.5) is 0 Å². The average molecular weight is 307 g/mol. The van der Waals surface area contributed by atoms with Gasteiger partial charge in [-0.3, -0.25) is 9.78 Å². The van der Waals surface area contributed by atoms with Crippen LogP contribution in [0.2, 0.25) is 0 Å². The number of carbonyl (C=O) groups is 1. The molecule has 0 radical (unpaired) electrons. The maximum Gasteiger partial charge on any atom is 0.310 e. The van der Waals surface area contributed by atoms with Gasteiger partial charge < -0.3 is 9.47 Å². The van der Waals surface area contributed by atoms with E-state index in [9.17, 15) is 4.79 Å². The number of benzene rings is 2. The predicted molar refractivity (Wildman–Crippen MR) is 89.5 cm³/mol. The molecular formula is C19H17NO3. The topological polar surface area (TPSA) is 48.4 Å². The molecule has 0 N–H and O–H groups in total. The number of nitrogens with zero attached hydrogens (tertiary/aromatic N) is 1. The van der Waals surface area contributed by atoms with Crippen LogP contribution in [0.3, 0.4) is 0 Å². The SMILES string of the molecule is COC(=O)Cc1ccc(OC)cc1-c1nccc2ccccc12. The van der Waals surface area contributed by atoms with Crippen LogP contribution < -0.4 is 4.74 Å². The monoisotopic (exact) mass is 307 g/mol. The molecule has 0 spiro atoms.